The van der Waals surface area contributed by atoms with Crippen molar-refractivity contribution in [3.63, 3.8) is 0 Å². The predicted octanol–water partition coefficient (Wildman–Crippen LogP) is 8.99. The van der Waals surface area contributed by atoms with Crippen LogP contribution in [0.2, 0.25) is 0 Å². The molecule has 0 saturated heterocycles. The Morgan fingerprint density at radius 3 is 1.57 bits per heavy atom. The van der Waals surface area contributed by atoms with Crippen molar-refractivity contribution in [2.45, 2.75) is 55.4 Å². The van der Waals surface area contributed by atoms with Crippen LogP contribution >= 0.6 is 0 Å². The lowest BCUT2D eigenvalue weighted by atomic mass is 9.97. The average molecular weight is 487 g/mol. The fraction of sp³-hybridized carbons (Fsp3) is 0.242. The third-order valence-electron chi connectivity index (χ3n) is 8.71. The maximum atomic E-state index is 5.28. The molecule has 0 unspecified atom stereocenters. The Kier molecular flexibility index (Phi) is 5.20. The highest BCUT2D eigenvalue weighted by Crippen LogP contribution is 2.39. The van der Waals surface area contributed by atoms with Crippen LogP contribution in [0.4, 0.5) is 0 Å². The third-order valence-corrected chi connectivity index (χ3v) is 8.71. The highest BCUT2D eigenvalue weighted by Gasteiger charge is 2.21. The number of aryl methyl sites for hydroxylation is 6. The smallest absolute Gasteiger partial charge is 0.0768 e. The van der Waals surface area contributed by atoms with Crippen LogP contribution in [0.25, 0.3) is 55.4 Å². The minimum absolute atomic E-state index is 1.01. The van der Waals surface area contributed by atoms with E-state index in [0.717, 1.165) is 50.1 Å². The molecule has 1 aliphatic rings. The number of rotatable bonds is 1. The molecule has 5 heterocycles. The highest BCUT2D eigenvalue weighted by atomic mass is 14.8. The van der Waals surface area contributed by atoms with Crippen molar-refractivity contribution in [2.24, 2.45) is 0 Å². The van der Waals surface area contributed by atoms with E-state index in [-0.39, 0.29) is 0 Å². The number of allylic oxidation sites excluding steroid dienone is 2. The first kappa shape index (κ1) is 23.4. The van der Waals surface area contributed by atoms with Crippen LogP contribution in [0.1, 0.15) is 58.6 Å². The molecule has 4 heteroatoms. The monoisotopic (exact) mass is 486 g/mol. The first-order chi connectivity index (χ1) is 17.7. The van der Waals surface area contributed by atoms with Gasteiger partial charge in [-0.05, 0) is 118 Å². The molecule has 1 aromatic carbocycles. The van der Waals surface area contributed by atoms with Gasteiger partial charge in [0, 0.05) is 22.1 Å². The summed E-state index contributed by atoms with van der Waals surface area (Å²) in [6, 6.07) is 15.1. The molecule has 186 valence electrons. The topological polar surface area (TPSA) is 60.3 Å². The van der Waals surface area contributed by atoms with E-state index >= 15 is 0 Å². The molecule has 0 spiro atoms. The lowest BCUT2D eigenvalue weighted by Gasteiger charge is -2.07. The van der Waals surface area contributed by atoms with Gasteiger partial charge in [0.1, 0.15) is 0 Å². The Morgan fingerprint density at radius 2 is 1.00 bits per heavy atom. The molecule has 0 saturated carbocycles. The van der Waals surface area contributed by atoms with Gasteiger partial charge in [0.25, 0.3) is 0 Å². The Hall–Kier alpha value is -4.05. The molecule has 0 atom stereocenters. The molecule has 37 heavy (non-hydrogen) atoms. The first-order valence-electron chi connectivity index (χ1n) is 13.0. The molecule has 3 N–H and O–H groups in total. The Bertz CT molecular complexity index is 1890. The lowest BCUT2D eigenvalue weighted by molar-refractivity contribution is 1.29. The second-order valence-electron chi connectivity index (χ2n) is 10.6. The van der Waals surface area contributed by atoms with Crippen LogP contribution in [-0.4, -0.2) is 19.9 Å². The summed E-state index contributed by atoms with van der Waals surface area (Å²) in [6.45, 7) is 17.6. The SMILES string of the molecule is CC1=C(C)c2nc1cc1[nH]c(c(C)c1C)c1[nH]c(cc3[nH]c(c(C)c3C)c2-c2ccccc2)c(C)c1C. The molecule has 0 amide bonds. The number of hydrogen-bond acceptors (Lipinski definition) is 1. The molecule has 0 aliphatic carbocycles. The van der Waals surface area contributed by atoms with Crippen molar-refractivity contribution in [1.29, 1.82) is 0 Å². The third kappa shape index (κ3) is 3.39. The van der Waals surface area contributed by atoms with Crippen molar-refractivity contribution in [3.8, 4) is 11.1 Å². The summed E-state index contributed by atoms with van der Waals surface area (Å²) in [5.74, 6) is 0. The van der Waals surface area contributed by atoms with Crippen LogP contribution in [0.15, 0.2) is 42.5 Å². The summed E-state index contributed by atoms with van der Waals surface area (Å²) < 4.78 is 0. The van der Waals surface area contributed by atoms with Crippen molar-refractivity contribution in [2.75, 3.05) is 0 Å². The average Bonchev–Trinajstić information content (AvgIpc) is 3.53. The van der Waals surface area contributed by atoms with Crippen molar-refractivity contribution < 1.29 is 0 Å². The fourth-order valence-electron chi connectivity index (χ4n) is 5.65. The minimum Gasteiger partial charge on any atom is -0.354 e. The Balaban J connectivity index is 1.92. The molecule has 5 aromatic rings. The summed E-state index contributed by atoms with van der Waals surface area (Å²) in [6.07, 6.45) is 0. The predicted molar refractivity (Wildman–Crippen MR) is 158 cm³/mol. The van der Waals surface area contributed by atoms with E-state index in [1.165, 1.54) is 50.1 Å². The minimum atomic E-state index is 1.01. The van der Waals surface area contributed by atoms with E-state index in [0.29, 0.717) is 0 Å². The number of benzene rings is 1. The van der Waals surface area contributed by atoms with E-state index in [9.17, 15) is 0 Å². The van der Waals surface area contributed by atoms with E-state index in [2.05, 4.69) is 113 Å². The summed E-state index contributed by atoms with van der Waals surface area (Å²) in [5, 5.41) is 0. The zero-order chi connectivity index (χ0) is 26.2. The van der Waals surface area contributed by atoms with E-state index < -0.39 is 0 Å². The van der Waals surface area contributed by atoms with Crippen LogP contribution in [0.5, 0.6) is 0 Å². The van der Waals surface area contributed by atoms with Gasteiger partial charge in [0.05, 0.1) is 27.9 Å². The van der Waals surface area contributed by atoms with Crippen LogP contribution in [0, 0.1) is 41.5 Å². The number of nitrogens with one attached hydrogen (secondary N) is 3. The quantitative estimate of drug-likeness (QED) is 0.217. The highest BCUT2D eigenvalue weighted by molar-refractivity contribution is 6.01. The normalized spacial score (nSPS) is 12.8. The van der Waals surface area contributed by atoms with E-state index in [1.54, 1.807) is 0 Å². The molecular weight excluding hydrogens is 452 g/mol. The summed E-state index contributed by atoms with van der Waals surface area (Å²) in [4.78, 5) is 16.6. The maximum Gasteiger partial charge on any atom is 0.0768 e. The number of H-pyrrole nitrogens is 3. The zero-order valence-corrected chi connectivity index (χ0v) is 23.0. The second kappa shape index (κ2) is 8.24. The van der Waals surface area contributed by atoms with Gasteiger partial charge in [-0.25, -0.2) is 4.98 Å². The largest absolute Gasteiger partial charge is 0.354 e. The van der Waals surface area contributed by atoms with E-state index in [4.69, 9.17) is 4.98 Å². The van der Waals surface area contributed by atoms with Gasteiger partial charge in [-0.1, -0.05) is 30.3 Å². The van der Waals surface area contributed by atoms with Gasteiger partial charge in [0.15, 0.2) is 0 Å². The van der Waals surface area contributed by atoms with Crippen molar-refractivity contribution >= 4 is 44.2 Å². The maximum absolute atomic E-state index is 5.28. The molecule has 8 bridgehead atoms. The van der Waals surface area contributed by atoms with Gasteiger partial charge in [-0.2, -0.15) is 0 Å². The molecule has 0 radical (unpaired) electrons. The number of aromatic nitrogens is 4. The summed E-state index contributed by atoms with van der Waals surface area (Å²) >= 11 is 0. The van der Waals surface area contributed by atoms with Gasteiger partial charge in [-0.3, -0.25) is 0 Å². The Morgan fingerprint density at radius 1 is 0.514 bits per heavy atom. The fourth-order valence-corrected chi connectivity index (χ4v) is 5.65. The molecular formula is C33H34N4. The number of aromatic amines is 3. The number of nitrogens with zero attached hydrogens (tertiary/aromatic N) is 1. The van der Waals surface area contributed by atoms with Crippen LogP contribution in [0.3, 0.4) is 0 Å². The first-order valence-corrected chi connectivity index (χ1v) is 13.0. The summed E-state index contributed by atoms with van der Waals surface area (Å²) in [7, 11) is 0. The zero-order valence-electron chi connectivity index (χ0n) is 23.0. The number of hydrogen-bond donors (Lipinski definition) is 3. The molecule has 4 nitrogen and oxygen atoms in total. The lowest BCUT2D eigenvalue weighted by Crippen LogP contribution is -1.89. The van der Waals surface area contributed by atoms with Gasteiger partial charge in [-0.15, -0.1) is 0 Å². The standard InChI is InChI=1S/C33H34N4/c1-16-20(5)30-29(24-12-10-9-11-13-24)31-21(6)17(2)26(35-31)15-28-19(4)23(8)33(37-28)32-22(7)18(3)27(36-32)14-25(16)34-30/h9-15,34,36-37H,1-8H3. The number of fused-ring (bicyclic) bond motifs is 9. The Labute approximate surface area is 217 Å². The van der Waals surface area contributed by atoms with Crippen LogP contribution in [-0.2, 0) is 0 Å². The molecule has 0 fully saturated rings. The van der Waals surface area contributed by atoms with E-state index in [1.807, 2.05) is 0 Å². The van der Waals surface area contributed by atoms with Gasteiger partial charge in [0.2, 0.25) is 0 Å². The van der Waals surface area contributed by atoms with Crippen LogP contribution < -0.4 is 0 Å². The molecule has 6 rings (SSSR count). The molecule has 1 aliphatic heterocycles. The van der Waals surface area contributed by atoms with Crippen molar-refractivity contribution in [1.82, 2.24) is 19.9 Å². The van der Waals surface area contributed by atoms with Crippen molar-refractivity contribution in [3.05, 3.63) is 87.2 Å². The second-order valence-corrected chi connectivity index (χ2v) is 10.6. The van der Waals surface area contributed by atoms with Gasteiger partial charge >= 0.3 is 0 Å². The summed E-state index contributed by atoms with van der Waals surface area (Å²) in [5.41, 5.74) is 21.2. The molecule has 4 aromatic heterocycles. The van der Waals surface area contributed by atoms with Gasteiger partial charge < -0.3 is 15.0 Å².